The first-order valence-corrected chi connectivity index (χ1v) is 8.54. The second kappa shape index (κ2) is 27.1. The van der Waals surface area contributed by atoms with Gasteiger partial charge in [0, 0.05) is 0 Å². The summed E-state index contributed by atoms with van der Waals surface area (Å²) in [6.45, 7) is 0. The van der Waals surface area contributed by atoms with Crippen LogP contribution in [0.5, 0.6) is 0 Å². The molecule has 0 aliphatic carbocycles. The smallest absolute Gasteiger partial charge is 1.00 e. The third-order valence-electron chi connectivity index (χ3n) is 0.748. The van der Waals surface area contributed by atoms with Gasteiger partial charge in [-0.25, -0.2) is 28.1 Å². The van der Waals surface area contributed by atoms with Crippen molar-refractivity contribution in [2.24, 2.45) is 0 Å². The Labute approximate surface area is 293 Å². The van der Waals surface area contributed by atoms with E-state index in [1.807, 2.05) is 0 Å². The minimum atomic E-state index is -4.82. The Kier molecular flexibility index (Phi) is 58.3. The Morgan fingerprint density at radius 2 is 0.481 bits per heavy atom. The van der Waals surface area contributed by atoms with Crippen LogP contribution >= 0.6 is 22.8 Å². The molecule has 0 rings (SSSR count). The molecule has 0 saturated heterocycles. The van der Waals surface area contributed by atoms with Gasteiger partial charge in [0.05, 0.1) is 0 Å². The topological polar surface area (TPSA) is 284 Å². The van der Waals surface area contributed by atoms with Crippen LogP contribution < -0.4 is 177 Å². The van der Waals surface area contributed by atoms with Gasteiger partial charge in [0.1, 0.15) is 0 Å². The largest absolute Gasteiger partial charge is 1.00 e. The number of carbonyl (C=O) groups is 3. The van der Waals surface area contributed by atoms with Crippen LogP contribution in [0.25, 0.3) is 0 Å². The molecule has 0 bridgehead atoms. The van der Waals surface area contributed by atoms with Crippen molar-refractivity contribution in [3.05, 3.63) is 0 Å². The third kappa shape index (κ3) is 49.2. The molecule has 0 heterocycles. The summed E-state index contributed by atoms with van der Waals surface area (Å²) in [6.07, 6.45) is 0. The van der Waals surface area contributed by atoms with Crippen LogP contribution in [0.1, 0.15) is 8.56 Å². The summed E-state index contributed by atoms with van der Waals surface area (Å²) in [5, 5.41) is 22.5. The molecule has 0 aliphatic heterocycles. The van der Waals surface area contributed by atoms with E-state index in [0.29, 0.717) is 0 Å². The van der Waals surface area contributed by atoms with Crippen LogP contribution in [0.4, 0.5) is 14.4 Å². The van der Waals surface area contributed by atoms with Crippen LogP contribution in [0, 0.1) is 0 Å². The van der Waals surface area contributed by atoms with Gasteiger partial charge in [0.15, 0.2) is 0 Å². The molecule has 15 nitrogen and oxygen atoms in total. The van der Waals surface area contributed by atoms with Crippen molar-refractivity contribution in [2.75, 3.05) is 0 Å². The van der Waals surface area contributed by atoms with Crippen molar-refractivity contribution < 1.29 is 259 Å². The Morgan fingerprint density at radius 3 is 0.481 bits per heavy atom. The van der Waals surface area contributed by atoms with E-state index in [4.69, 9.17) is 44.7 Å². The third-order valence-corrected chi connectivity index (χ3v) is 2.24. The standard InChI is InChI=1S/3CH3O5P.6Na.6H/c3*2-1(3)7(4,5)6;;;;;;;;;;;;/h3*(H,2,3)(H2,4,5,6);;;;;;;;;;;;/q;;;6*+1;6*-1. The molecule has 0 aromatic heterocycles. The Hall–Kier alpha value is 4.86. The van der Waals surface area contributed by atoms with Crippen LogP contribution in [0.3, 0.4) is 0 Å². The summed E-state index contributed by atoms with van der Waals surface area (Å²) in [6, 6.07) is 0. The molecule has 0 fully saturated rings. The molecule has 138 valence electrons. The zero-order valence-electron chi connectivity index (χ0n) is 21.3. The van der Waals surface area contributed by atoms with E-state index >= 15 is 0 Å². The van der Waals surface area contributed by atoms with Gasteiger partial charge in [-0.05, 0) is 0 Å². The number of hydrogen-bond acceptors (Lipinski definition) is 6. The average molecular weight is 522 g/mol. The summed E-state index contributed by atoms with van der Waals surface area (Å²) in [5.41, 5.74) is -6.27. The molecular weight excluding hydrogens is 507 g/mol. The van der Waals surface area contributed by atoms with E-state index in [9.17, 15) is 28.1 Å². The first-order chi connectivity index (χ1) is 8.83. The van der Waals surface area contributed by atoms with Gasteiger partial charge in [-0.15, -0.1) is 0 Å². The number of carboxylic acid groups (broad SMARTS) is 3. The SMILES string of the molecule is O=C(O)P(=O)(O)O.O=C(O)P(=O)(O)O.O=C(O)P(=O)(O)O.[H-].[H-].[H-].[H-].[H-].[H-].[Na+].[Na+].[Na+].[Na+].[Na+].[Na+]. The first kappa shape index (κ1) is 58.1. The van der Waals surface area contributed by atoms with Crippen molar-refractivity contribution in [1.82, 2.24) is 0 Å². The zero-order chi connectivity index (χ0) is 18.2. The number of hydrogen-bond donors (Lipinski definition) is 9. The van der Waals surface area contributed by atoms with Gasteiger partial charge in [0.25, 0.3) is 0 Å². The summed E-state index contributed by atoms with van der Waals surface area (Å²) in [5.74, 6) is 0. The summed E-state index contributed by atoms with van der Waals surface area (Å²) in [7, 11) is -14.5. The minimum absolute atomic E-state index is 0. The van der Waals surface area contributed by atoms with Gasteiger partial charge in [-0.2, -0.15) is 0 Å². The fourth-order valence-electron chi connectivity index (χ4n) is 0. The normalized spacial score (nSPS) is 8.67. The van der Waals surface area contributed by atoms with E-state index < -0.39 is 39.9 Å². The van der Waals surface area contributed by atoms with Gasteiger partial charge in [-0.3, -0.25) is 0 Å². The van der Waals surface area contributed by atoms with E-state index in [1.165, 1.54) is 0 Å². The summed E-state index contributed by atoms with van der Waals surface area (Å²) < 4.78 is 28.3. The Balaban J connectivity index is -0.00000000959. The Morgan fingerprint density at radius 1 is 0.444 bits per heavy atom. The van der Waals surface area contributed by atoms with Gasteiger partial charge in [0.2, 0.25) is 0 Å². The fourth-order valence-corrected chi connectivity index (χ4v) is 0. The van der Waals surface area contributed by atoms with Crippen LogP contribution in [0.2, 0.25) is 0 Å². The van der Waals surface area contributed by atoms with Gasteiger partial charge < -0.3 is 53.2 Å². The van der Waals surface area contributed by atoms with Crippen molar-refractivity contribution in [3.8, 4) is 0 Å². The van der Waals surface area contributed by atoms with Crippen LogP contribution in [-0.2, 0) is 13.7 Å². The fraction of sp³-hybridized carbons (Fsp3) is 0. The van der Waals surface area contributed by atoms with Gasteiger partial charge in [-0.1, -0.05) is 0 Å². The van der Waals surface area contributed by atoms with Crippen molar-refractivity contribution in [2.45, 2.75) is 0 Å². The molecule has 0 saturated carbocycles. The molecule has 0 radical (unpaired) electrons. The van der Waals surface area contributed by atoms with Crippen molar-refractivity contribution in [1.29, 1.82) is 0 Å². The predicted molar refractivity (Wildman–Crippen MR) is 66.9 cm³/mol. The average Bonchev–Trinajstić information content (AvgIpc) is 2.14. The maximum Gasteiger partial charge on any atom is 1.00 e. The monoisotopic (exact) mass is 522 g/mol. The van der Waals surface area contributed by atoms with Gasteiger partial charge >= 0.3 is 217 Å². The maximum absolute atomic E-state index is 9.43. The van der Waals surface area contributed by atoms with Crippen molar-refractivity contribution in [3.63, 3.8) is 0 Å². The molecule has 0 amide bonds. The van der Waals surface area contributed by atoms with E-state index in [0.717, 1.165) is 0 Å². The molecule has 0 spiro atoms. The molecule has 0 aromatic carbocycles. The molecule has 27 heavy (non-hydrogen) atoms. The zero-order valence-corrected chi connectivity index (χ0v) is 30.0. The molecule has 0 aromatic rings. The second-order valence-electron chi connectivity index (χ2n) is 2.48. The van der Waals surface area contributed by atoms with E-state index in [1.54, 1.807) is 0 Å². The molecule has 0 atom stereocenters. The van der Waals surface area contributed by atoms with Crippen LogP contribution in [-0.4, -0.2) is 61.8 Å². The predicted octanol–water partition coefficient (Wildman–Crippen LogP) is -17.8. The van der Waals surface area contributed by atoms with E-state index in [-0.39, 0.29) is 186 Å². The molecule has 24 heteroatoms. The molecule has 0 unspecified atom stereocenters. The van der Waals surface area contributed by atoms with E-state index in [2.05, 4.69) is 0 Å². The summed E-state index contributed by atoms with van der Waals surface area (Å²) in [4.78, 5) is 73.4. The van der Waals surface area contributed by atoms with Crippen molar-refractivity contribution >= 4 is 39.9 Å². The summed E-state index contributed by atoms with van der Waals surface area (Å²) >= 11 is 0. The molecule has 0 aliphatic rings. The maximum atomic E-state index is 9.43. The van der Waals surface area contributed by atoms with Crippen LogP contribution in [0.15, 0.2) is 0 Å². The number of rotatable bonds is 3. The molecular formula is C3H15Na6O15P3. The Bertz CT molecular complexity index is 479. The second-order valence-corrected chi connectivity index (χ2v) is 6.89. The molecule has 9 N–H and O–H groups in total. The first-order valence-electron chi connectivity index (χ1n) is 3.70. The minimum Gasteiger partial charge on any atom is -1.00 e. The quantitative estimate of drug-likeness (QED) is 0.123.